The number of carbonyl (C=O) groups is 1. The number of amides is 1. The molecule has 4 rings (SSSR count). The topological polar surface area (TPSA) is 69.7 Å². The van der Waals surface area contributed by atoms with Crippen molar-refractivity contribution in [2.45, 2.75) is 49.1 Å². The number of nitrogens with one attached hydrogen (secondary N) is 1. The second-order valence-electron chi connectivity index (χ2n) is 7.43. The zero-order chi connectivity index (χ0) is 18.3. The van der Waals surface area contributed by atoms with Gasteiger partial charge in [0.2, 0.25) is 10.0 Å². The third-order valence-corrected chi connectivity index (χ3v) is 7.55. The summed E-state index contributed by atoms with van der Waals surface area (Å²) in [5, 5.41) is 3.44. The van der Waals surface area contributed by atoms with Gasteiger partial charge in [0.1, 0.15) is 5.82 Å². The first-order chi connectivity index (χ1) is 12.4. The SMILES string of the molecule is Cl.O=C(c1ccc(S(=O)(=O)N2CCC3CCC(C2)N3)cc1F)N1CCCC1. The third-order valence-electron chi connectivity index (χ3n) is 5.69. The zero-order valence-electron chi connectivity index (χ0n) is 15.1. The lowest BCUT2D eigenvalue weighted by Gasteiger charge is -2.24. The number of hydrogen-bond donors (Lipinski definition) is 1. The van der Waals surface area contributed by atoms with Crippen LogP contribution in [0.3, 0.4) is 0 Å². The number of nitrogens with zero attached hydrogens (tertiary/aromatic N) is 2. The number of fused-ring (bicyclic) bond motifs is 2. The Morgan fingerprint density at radius 3 is 2.48 bits per heavy atom. The molecule has 0 aliphatic carbocycles. The van der Waals surface area contributed by atoms with Crippen LogP contribution in [0.25, 0.3) is 0 Å². The monoisotopic (exact) mass is 417 g/mol. The minimum absolute atomic E-state index is 0. The molecular weight excluding hydrogens is 393 g/mol. The molecule has 3 fully saturated rings. The Bertz CT molecular complexity index is 814. The Kier molecular flexibility index (Phi) is 6.10. The molecule has 1 aromatic carbocycles. The molecule has 2 bridgehead atoms. The Hall–Kier alpha value is -1.22. The second kappa shape index (κ2) is 8.03. The predicted molar refractivity (Wildman–Crippen MR) is 102 cm³/mol. The van der Waals surface area contributed by atoms with Gasteiger partial charge in [0.15, 0.2) is 0 Å². The van der Waals surface area contributed by atoms with E-state index in [9.17, 15) is 17.6 Å². The number of sulfonamides is 1. The van der Waals surface area contributed by atoms with Crippen LogP contribution in [0.5, 0.6) is 0 Å². The van der Waals surface area contributed by atoms with Crippen molar-refractivity contribution in [1.82, 2.24) is 14.5 Å². The highest BCUT2D eigenvalue weighted by Crippen LogP contribution is 2.26. The molecule has 3 saturated heterocycles. The summed E-state index contributed by atoms with van der Waals surface area (Å²) < 4.78 is 41.9. The first kappa shape index (κ1) is 20.5. The molecule has 1 aromatic rings. The molecule has 2 atom stereocenters. The number of halogens is 2. The number of likely N-dealkylation sites (tertiary alicyclic amines) is 1. The van der Waals surface area contributed by atoms with Gasteiger partial charge in [-0.25, -0.2) is 12.8 Å². The fraction of sp³-hybridized carbons (Fsp3) is 0.611. The summed E-state index contributed by atoms with van der Waals surface area (Å²) in [6, 6.07) is 4.20. The molecule has 1 N–H and O–H groups in total. The lowest BCUT2D eigenvalue weighted by Crippen LogP contribution is -2.39. The molecular formula is C18H25ClFN3O3S. The van der Waals surface area contributed by atoms with Crippen LogP contribution < -0.4 is 5.32 Å². The van der Waals surface area contributed by atoms with E-state index in [1.807, 2.05) is 0 Å². The Balaban J connectivity index is 0.00000210. The van der Waals surface area contributed by atoms with E-state index in [1.165, 1.54) is 16.4 Å². The summed E-state index contributed by atoms with van der Waals surface area (Å²) >= 11 is 0. The van der Waals surface area contributed by atoms with Crippen molar-refractivity contribution in [3.05, 3.63) is 29.6 Å². The Morgan fingerprint density at radius 2 is 1.78 bits per heavy atom. The third kappa shape index (κ3) is 3.99. The quantitative estimate of drug-likeness (QED) is 0.816. The maximum absolute atomic E-state index is 14.5. The summed E-state index contributed by atoms with van der Waals surface area (Å²) in [7, 11) is -3.76. The van der Waals surface area contributed by atoms with Crippen molar-refractivity contribution in [3.63, 3.8) is 0 Å². The van der Waals surface area contributed by atoms with Gasteiger partial charge in [0.25, 0.3) is 5.91 Å². The van der Waals surface area contributed by atoms with Crippen LogP contribution in [0.15, 0.2) is 23.1 Å². The van der Waals surface area contributed by atoms with E-state index in [0.29, 0.717) is 32.2 Å². The van der Waals surface area contributed by atoms with Crippen LogP contribution in [0.4, 0.5) is 4.39 Å². The van der Waals surface area contributed by atoms with E-state index >= 15 is 0 Å². The standard InChI is InChI=1S/C18H24FN3O3S.ClH/c19-17-11-15(5-6-16(17)18(23)21-8-1-2-9-21)26(24,25)22-10-7-13-3-4-14(12-22)20-13;/h5-6,11,13-14,20H,1-4,7-10,12H2;1H. The zero-order valence-corrected chi connectivity index (χ0v) is 16.7. The van der Waals surface area contributed by atoms with Crippen LogP contribution in [0.2, 0.25) is 0 Å². The highest BCUT2D eigenvalue weighted by atomic mass is 35.5. The van der Waals surface area contributed by atoms with Crippen molar-refractivity contribution >= 4 is 28.3 Å². The minimum Gasteiger partial charge on any atom is -0.339 e. The Morgan fingerprint density at radius 1 is 1.07 bits per heavy atom. The summed E-state index contributed by atoms with van der Waals surface area (Å²) in [6.45, 7) is 2.10. The van der Waals surface area contributed by atoms with E-state index in [4.69, 9.17) is 0 Å². The number of carbonyl (C=O) groups excluding carboxylic acids is 1. The van der Waals surface area contributed by atoms with Crippen LogP contribution in [-0.4, -0.2) is 61.8 Å². The van der Waals surface area contributed by atoms with Gasteiger partial charge in [-0.15, -0.1) is 12.4 Å². The summed E-state index contributed by atoms with van der Waals surface area (Å²) in [6.07, 6.45) is 4.66. The highest BCUT2D eigenvalue weighted by Gasteiger charge is 2.35. The molecule has 0 saturated carbocycles. The molecule has 1 amide bonds. The summed E-state index contributed by atoms with van der Waals surface area (Å²) in [5.74, 6) is -1.13. The van der Waals surface area contributed by atoms with Crippen LogP contribution in [0, 0.1) is 5.82 Å². The summed E-state index contributed by atoms with van der Waals surface area (Å²) in [5.41, 5.74) is -0.0533. The molecule has 0 aromatic heterocycles. The van der Waals surface area contributed by atoms with Crippen molar-refractivity contribution < 1.29 is 17.6 Å². The van der Waals surface area contributed by atoms with E-state index < -0.39 is 15.8 Å². The van der Waals surface area contributed by atoms with E-state index in [0.717, 1.165) is 38.2 Å². The summed E-state index contributed by atoms with van der Waals surface area (Å²) in [4.78, 5) is 13.9. The molecule has 27 heavy (non-hydrogen) atoms. The van der Waals surface area contributed by atoms with Gasteiger partial charge in [-0.1, -0.05) is 0 Å². The largest absolute Gasteiger partial charge is 0.339 e. The number of benzene rings is 1. The maximum atomic E-state index is 14.5. The van der Waals surface area contributed by atoms with Gasteiger partial charge in [-0.3, -0.25) is 4.79 Å². The molecule has 6 nitrogen and oxygen atoms in total. The molecule has 2 unspecified atom stereocenters. The predicted octanol–water partition coefficient (Wildman–Crippen LogP) is 2.00. The first-order valence-electron chi connectivity index (χ1n) is 9.30. The normalized spacial score (nSPS) is 25.9. The number of hydrogen-bond acceptors (Lipinski definition) is 4. The van der Waals surface area contributed by atoms with E-state index in [2.05, 4.69) is 5.32 Å². The molecule has 150 valence electrons. The van der Waals surface area contributed by atoms with Gasteiger partial charge in [0, 0.05) is 38.3 Å². The van der Waals surface area contributed by atoms with E-state index in [-0.39, 0.29) is 34.8 Å². The molecule has 0 radical (unpaired) electrons. The second-order valence-corrected chi connectivity index (χ2v) is 9.37. The molecule has 3 aliphatic heterocycles. The fourth-order valence-corrected chi connectivity index (χ4v) is 5.71. The molecule has 0 spiro atoms. The van der Waals surface area contributed by atoms with Gasteiger partial charge in [0.05, 0.1) is 10.5 Å². The van der Waals surface area contributed by atoms with Crippen LogP contribution in [-0.2, 0) is 10.0 Å². The van der Waals surface area contributed by atoms with Crippen molar-refractivity contribution in [2.24, 2.45) is 0 Å². The minimum atomic E-state index is -3.76. The average molecular weight is 418 g/mol. The van der Waals surface area contributed by atoms with Gasteiger partial charge in [-0.2, -0.15) is 4.31 Å². The highest BCUT2D eigenvalue weighted by molar-refractivity contribution is 7.89. The first-order valence-corrected chi connectivity index (χ1v) is 10.7. The molecule has 3 aliphatic rings. The Labute approximate surface area is 165 Å². The fourth-order valence-electron chi connectivity index (χ4n) is 4.20. The van der Waals surface area contributed by atoms with Crippen molar-refractivity contribution in [1.29, 1.82) is 0 Å². The van der Waals surface area contributed by atoms with Crippen LogP contribution >= 0.6 is 12.4 Å². The lowest BCUT2D eigenvalue weighted by atomic mass is 10.1. The van der Waals surface area contributed by atoms with Crippen molar-refractivity contribution in [3.8, 4) is 0 Å². The van der Waals surface area contributed by atoms with Crippen LogP contribution in [0.1, 0.15) is 42.5 Å². The molecule has 3 heterocycles. The maximum Gasteiger partial charge on any atom is 0.256 e. The lowest BCUT2D eigenvalue weighted by molar-refractivity contribution is 0.0788. The average Bonchev–Trinajstić information content (AvgIpc) is 3.23. The smallest absolute Gasteiger partial charge is 0.256 e. The van der Waals surface area contributed by atoms with Gasteiger partial charge < -0.3 is 10.2 Å². The molecule has 9 heteroatoms. The van der Waals surface area contributed by atoms with Gasteiger partial charge >= 0.3 is 0 Å². The number of rotatable bonds is 3. The van der Waals surface area contributed by atoms with E-state index in [1.54, 1.807) is 4.90 Å². The van der Waals surface area contributed by atoms with Gasteiger partial charge in [-0.05, 0) is 50.3 Å². The van der Waals surface area contributed by atoms with Crippen molar-refractivity contribution in [2.75, 3.05) is 26.2 Å².